The molecule has 21 heavy (non-hydrogen) atoms. The van der Waals surface area contributed by atoms with Crippen LogP contribution in [-0.4, -0.2) is 47.5 Å². The van der Waals surface area contributed by atoms with Crippen molar-refractivity contribution in [2.75, 3.05) is 19.7 Å². The number of carbonyl (C=O) groups is 3. The first kappa shape index (κ1) is 15.8. The van der Waals surface area contributed by atoms with Gasteiger partial charge < -0.3 is 14.7 Å². The van der Waals surface area contributed by atoms with E-state index in [2.05, 4.69) is 0 Å². The van der Waals surface area contributed by atoms with Gasteiger partial charge in [-0.2, -0.15) is 0 Å². The van der Waals surface area contributed by atoms with Crippen LogP contribution in [0.5, 0.6) is 0 Å². The third-order valence-corrected chi connectivity index (χ3v) is 4.71. The number of nitrogens with zero attached hydrogens (tertiary/aromatic N) is 1. The molecule has 0 unspecified atom stereocenters. The van der Waals surface area contributed by atoms with E-state index in [0.717, 1.165) is 12.8 Å². The summed E-state index contributed by atoms with van der Waals surface area (Å²) in [5, 5.41) is 9.17. The van der Waals surface area contributed by atoms with Crippen LogP contribution < -0.4 is 0 Å². The minimum Gasteiger partial charge on any atom is -0.481 e. The Morgan fingerprint density at radius 1 is 1.29 bits per heavy atom. The normalized spacial score (nSPS) is 30.6. The fourth-order valence-corrected chi connectivity index (χ4v) is 3.39. The van der Waals surface area contributed by atoms with Crippen LogP contribution in [0.3, 0.4) is 0 Å². The second-order valence-corrected chi connectivity index (χ2v) is 6.49. The SMILES string of the molecule is CCOC(=O)[C@@H]1CCCN(C(=O)[C@@H]2[C@H](C(=O)O)C2(C)C)C1. The number of carbonyl (C=O) groups excluding carboxylic acids is 2. The first-order chi connectivity index (χ1) is 9.80. The van der Waals surface area contributed by atoms with Gasteiger partial charge in [-0.15, -0.1) is 0 Å². The highest BCUT2D eigenvalue weighted by Gasteiger charge is 2.66. The highest BCUT2D eigenvalue weighted by atomic mass is 16.5. The molecule has 1 N–H and O–H groups in total. The van der Waals surface area contributed by atoms with E-state index >= 15 is 0 Å². The number of hydrogen-bond acceptors (Lipinski definition) is 4. The number of likely N-dealkylation sites (tertiary alicyclic amines) is 1. The summed E-state index contributed by atoms with van der Waals surface area (Å²) >= 11 is 0. The van der Waals surface area contributed by atoms with Crippen LogP contribution in [0.4, 0.5) is 0 Å². The fraction of sp³-hybridized carbons (Fsp3) is 0.800. The number of carboxylic acids is 1. The van der Waals surface area contributed by atoms with Gasteiger partial charge in [0.1, 0.15) is 0 Å². The molecule has 0 spiro atoms. The number of piperidine rings is 1. The summed E-state index contributed by atoms with van der Waals surface area (Å²) in [7, 11) is 0. The highest BCUT2D eigenvalue weighted by Crippen LogP contribution is 2.59. The van der Waals surface area contributed by atoms with Crippen LogP contribution >= 0.6 is 0 Å². The van der Waals surface area contributed by atoms with Gasteiger partial charge in [-0.3, -0.25) is 14.4 Å². The highest BCUT2D eigenvalue weighted by molar-refractivity contribution is 5.92. The predicted molar refractivity (Wildman–Crippen MR) is 74.3 cm³/mol. The van der Waals surface area contributed by atoms with Crippen molar-refractivity contribution in [1.29, 1.82) is 0 Å². The van der Waals surface area contributed by atoms with Crippen molar-refractivity contribution in [3.05, 3.63) is 0 Å². The molecular weight excluding hydrogens is 274 g/mol. The fourth-order valence-electron chi connectivity index (χ4n) is 3.39. The van der Waals surface area contributed by atoms with Crippen molar-refractivity contribution < 1.29 is 24.2 Å². The van der Waals surface area contributed by atoms with E-state index in [4.69, 9.17) is 4.74 Å². The van der Waals surface area contributed by atoms with Crippen molar-refractivity contribution in [3.8, 4) is 0 Å². The largest absolute Gasteiger partial charge is 0.481 e. The Balaban J connectivity index is 2.00. The molecule has 1 aliphatic heterocycles. The Morgan fingerprint density at radius 2 is 1.95 bits per heavy atom. The molecule has 0 bridgehead atoms. The Labute approximate surface area is 124 Å². The van der Waals surface area contributed by atoms with Gasteiger partial charge in [0.2, 0.25) is 5.91 Å². The Bertz CT molecular complexity index is 459. The molecule has 1 aliphatic carbocycles. The lowest BCUT2D eigenvalue weighted by Gasteiger charge is -2.32. The molecule has 2 aliphatic rings. The molecule has 0 aromatic carbocycles. The monoisotopic (exact) mass is 297 g/mol. The number of ether oxygens (including phenoxy) is 1. The number of hydrogen-bond donors (Lipinski definition) is 1. The van der Waals surface area contributed by atoms with Crippen LogP contribution in [0, 0.1) is 23.2 Å². The van der Waals surface area contributed by atoms with Crippen molar-refractivity contribution in [3.63, 3.8) is 0 Å². The molecule has 0 radical (unpaired) electrons. The van der Waals surface area contributed by atoms with Gasteiger partial charge in [-0.25, -0.2) is 0 Å². The topological polar surface area (TPSA) is 83.9 Å². The summed E-state index contributed by atoms with van der Waals surface area (Å²) in [4.78, 5) is 37.2. The van der Waals surface area contributed by atoms with Gasteiger partial charge in [0.05, 0.1) is 24.4 Å². The van der Waals surface area contributed by atoms with Gasteiger partial charge >= 0.3 is 11.9 Å². The van der Waals surface area contributed by atoms with Crippen molar-refractivity contribution in [1.82, 2.24) is 4.90 Å². The molecule has 0 aromatic heterocycles. The first-order valence-corrected chi connectivity index (χ1v) is 7.49. The first-order valence-electron chi connectivity index (χ1n) is 7.49. The third kappa shape index (κ3) is 2.89. The van der Waals surface area contributed by atoms with E-state index in [1.54, 1.807) is 25.7 Å². The summed E-state index contributed by atoms with van der Waals surface area (Å²) in [5.74, 6) is -2.70. The maximum Gasteiger partial charge on any atom is 0.310 e. The molecule has 1 amide bonds. The lowest BCUT2D eigenvalue weighted by Crippen LogP contribution is -2.44. The Hall–Kier alpha value is -1.59. The van der Waals surface area contributed by atoms with Gasteiger partial charge in [0.25, 0.3) is 0 Å². The summed E-state index contributed by atoms with van der Waals surface area (Å²) in [6, 6.07) is 0. The van der Waals surface area contributed by atoms with E-state index in [0.29, 0.717) is 19.7 Å². The standard InChI is InChI=1S/C15H23NO5/c1-4-21-14(20)9-6-5-7-16(8-9)12(17)10-11(13(18)19)15(10,2)3/h9-11H,4-8H2,1-3H3,(H,18,19)/t9-,10+,11-/m1/s1. The number of amides is 1. The number of aliphatic carboxylic acids is 1. The van der Waals surface area contributed by atoms with Crippen LogP contribution in [0.1, 0.15) is 33.6 Å². The van der Waals surface area contributed by atoms with Crippen LogP contribution in [0.25, 0.3) is 0 Å². The number of carboxylic acid groups (broad SMARTS) is 1. The Kier molecular flexibility index (Phi) is 4.25. The predicted octanol–water partition coefficient (Wildman–Crippen LogP) is 1.14. The van der Waals surface area contributed by atoms with Crippen molar-refractivity contribution >= 4 is 17.8 Å². The van der Waals surface area contributed by atoms with E-state index < -0.39 is 23.2 Å². The molecule has 1 heterocycles. The van der Waals surface area contributed by atoms with E-state index in [-0.39, 0.29) is 17.8 Å². The van der Waals surface area contributed by atoms with E-state index in [1.165, 1.54) is 0 Å². The summed E-state index contributed by atoms with van der Waals surface area (Å²) < 4.78 is 5.01. The smallest absolute Gasteiger partial charge is 0.310 e. The Morgan fingerprint density at radius 3 is 2.48 bits per heavy atom. The molecule has 0 aromatic rings. The second-order valence-electron chi connectivity index (χ2n) is 6.49. The maximum absolute atomic E-state index is 12.5. The average Bonchev–Trinajstić information content (AvgIpc) is 3.01. The lowest BCUT2D eigenvalue weighted by molar-refractivity contribution is -0.152. The van der Waals surface area contributed by atoms with Gasteiger partial charge in [0.15, 0.2) is 0 Å². The second kappa shape index (κ2) is 5.66. The van der Waals surface area contributed by atoms with E-state index in [1.807, 2.05) is 0 Å². The summed E-state index contributed by atoms with van der Waals surface area (Å²) in [6.07, 6.45) is 1.47. The zero-order chi connectivity index (χ0) is 15.8. The zero-order valence-corrected chi connectivity index (χ0v) is 12.8. The maximum atomic E-state index is 12.5. The quantitative estimate of drug-likeness (QED) is 0.787. The van der Waals surface area contributed by atoms with Crippen molar-refractivity contribution in [2.24, 2.45) is 23.2 Å². The zero-order valence-electron chi connectivity index (χ0n) is 12.8. The molecule has 1 saturated carbocycles. The molecular formula is C15H23NO5. The van der Waals surface area contributed by atoms with Gasteiger partial charge in [-0.1, -0.05) is 13.8 Å². The van der Waals surface area contributed by atoms with Gasteiger partial charge in [0, 0.05) is 13.1 Å². The van der Waals surface area contributed by atoms with Crippen LogP contribution in [-0.2, 0) is 19.1 Å². The molecule has 1 saturated heterocycles. The number of esters is 1. The molecule has 2 fully saturated rings. The third-order valence-electron chi connectivity index (χ3n) is 4.71. The van der Waals surface area contributed by atoms with Crippen LogP contribution in [0.15, 0.2) is 0 Å². The van der Waals surface area contributed by atoms with E-state index in [9.17, 15) is 19.5 Å². The molecule has 6 nitrogen and oxygen atoms in total. The molecule has 118 valence electrons. The average molecular weight is 297 g/mol. The number of rotatable bonds is 4. The molecule has 3 atom stereocenters. The minimum absolute atomic E-state index is 0.138. The van der Waals surface area contributed by atoms with Crippen LogP contribution in [0.2, 0.25) is 0 Å². The lowest BCUT2D eigenvalue weighted by atomic mass is 9.97. The van der Waals surface area contributed by atoms with Crippen molar-refractivity contribution in [2.45, 2.75) is 33.6 Å². The summed E-state index contributed by atoms with van der Waals surface area (Å²) in [5.41, 5.74) is -0.500. The summed E-state index contributed by atoms with van der Waals surface area (Å²) in [6.45, 7) is 6.64. The van der Waals surface area contributed by atoms with Gasteiger partial charge in [-0.05, 0) is 25.2 Å². The molecule has 6 heteroatoms. The molecule has 2 rings (SSSR count). The minimum atomic E-state index is -0.919.